The van der Waals surface area contributed by atoms with Gasteiger partial charge in [-0.05, 0) is 49.2 Å². The first-order valence-electron chi connectivity index (χ1n) is 8.09. The van der Waals surface area contributed by atoms with Crippen molar-refractivity contribution in [3.05, 3.63) is 53.6 Å². The van der Waals surface area contributed by atoms with Crippen LogP contribution < -0.4 is 20.1 Å². The van der Waals surface area contributed by atoms with Crippen LogP contribution in [0, 0.1) is 0 Å². The lowest BCUT2D eigenvalue weighted by atomic mass is 10.1. The Morgan fingerprint density at radius 3 is 2.92 bits per heavy atom. The van der Waals surface area contributed by atoms with Crippen molar-refractivity contribution in [2.45, 2.75) is 19.4 Å². The van der Waals surface area contributed by atoms with E-state index in [1.165, 1.54) is 0 Å². The van der Waals surface area contributed by atoms with Gasteiger partial charge in [0, 0.05) is 12.1 Å². The normalized spacial score (nSPS) is 15.6. The van der Waals surface area contributed by atoms with E-state index in [0.717, 1.165) is 11.3 Å². The summed E-state index contributed by atoms with van der Waals surface area (Å²) in [5.41, 5.74) is 2.08. The Kier molecular flexibility index (Phi) is 4.88. The zero-order valence-electron chi connectivity index (χ0n) is 14.2. The van der Waals surface area contributed by atoms with E-state index in [9.17, 15) is 9.59 Å². The molecule has 6 nitrogen and oxygen atoms in total. The zero-order chi connectivity index (χ0) is 17.8. The summed E-state index contributed by atoms with van der Waals surface area (Å²) in [6.07, 6.45) is 0.167. The largest absolute Gasteiger partial charge is 0.497 e. The van der Waals surface area contributed by atoms with Gasteiger partial charge in [-0.25, -0.2) is 0 Å². The molecule has 2 aromatic carbocycles. The molecular weight excluding hydrogens is 320 g/mol. The maximum absolute atomic E-state index is 12.3. The van der Waals surface area contributed by atoms with Gasteiger partial charge < -0.3 is 20.1 Å². The van der Waals surface area contributed by atoms with Crippen LogP contribution in [0.1, 0.15) is 22.8 Å². The second-order valence-corrected chi connectivity index (χ2v) is 5.82. The number of ether oxygens (including phenoxy) is 2. The van der Waals surface area contributed by atoms with E-state index in [1.54, 1.807) is 32.2 Å². The highest BCUT2D eigenvalue weighted by Crippen LogP contribution is 2.30. The van der Waals surface area contributed by atoms with Gasteiger partial charge in [-0.2, -0.15) is 0 Å². The molecule has 2 amide bonds. The first-order valence-corrected chi connectivity index (χ1v) is 8.09. The van der Waals surface area contributed by atoms with Gasteiger partial charge in [-0.1, -0.05) is 12.1 Å². The average Bonchev–Trinajstić information content (AvgIpc) is 2.62. The van der Waals surface area contributed by atoms with Gasteiger partial charge in [0.05, 0.1) is 12.8 Å². The fourth-order valence-corrected chi connectivity index (χ4v) is 2.60. The molecule has 0 saturated heterocycles. The van der Waals surface area contributed by atoms with Crippen molar-refractivity contribution in [3.8, 4) is 11.5 Å². The van der Waals surface area contributed by atoms with E-state index in [2.05, 4.69) is 10.6 Å². The maximum atomic E-state index is 12.3. The zero-order valence-corrected chi connectivity index (χ0v) is 14.2. The van der Waals surface area contributed by atoms with E-state index in [1.807, 2.05) is 24.3 Å². The van der Waals surface area contributed by atoms with Crippen LogP contribution in [0.3, 0.4) is 0 Å². The van der Waals surface area contributed by atoms with Crippen LogP contribution >= 0.6 is 0 Å². The molecule has 0 saturated carbocycles. The topological polar surface area (TPSA) is 76.7 Å². The monoisotopic (exact) mass is 340 g/mol. The van der Waals surface area contributed by atoms with Crippen LogP contribution in [0.15, 0.2) is 42.5 Å². The molecule has 1 atom stereocenters. The summed E-state index contributed by atoms with van der Waals surface area (Å²) in [7, 11) is 1.63. The van der Waals surface area contributed by atoms with Gasteiger partial charge in [0.1, 0.15) is 11.5 Å². The number of fused-ring (bicyclic) bond motifs is 1. The second-order valence-electron chi connectivity index (χ2n) is 5.82. The predicted octanol–water partition coefficient (Wildman–Crippen LogP) is 2.39. The summed E-state index contributed by atoms with van der Waals surface area (Å²) in [4.78, 5) is 24.0. The molecule has 0 fully saturated rings. The number of rotatable bonds is 5. The Balaban J connectivity index is 1.60. The van der Waals surface area contributed by atoms with Crippen molar-refractivity contribution in [2.24, 2.45) is 0 Å². The van der Waals surface area contributed by atoms with E-state index in [-0.39, 0.29) is 11.8 Å². The van der Waals surface area contributed by atoms with Crippen molar-refractivity contribution in [1.29, 1.82) is 0 Å². The summed E-state index contributed by atoms with van der Waals surface area (Å²) in [6.45, 7) is 2.18. The molecule has 0 aromatic heterocycles. The van der Waals surface area contributed by atoms with Crippen molar-refractivity contribution in [1.82, 2.24) is 5.32 Å². The molecule has 130 valence electrons. The predicted molar refractivity (Wildman–Crippen MR) is 94.2 cm³/mol. The summed E-state index contributed by atoms with van der Waals surface area (Å²) >= 11 is 0. The number of anilines is 1. The van der Waals surface area contributed by atoms with Crippen LogP contribution in [0.2, 0.25) is 0 Å². The van der Waals surface area contributed by atoms with Crippen molar-refractivity contribution in [2.75, 3.05) is 19.0 Å². The third-order valence-electron chi connectivity index (χ3n) is 4.01. The van der Waals surface area contributed by atoms with Gasteiger partial charge >= 0.3 is 0 Å². The van der Waals surface area contributed by atoms with E-state index in [4.69, 9.17) is 9.47 Å². The standard InChI is InChI=1S/C19H20N2O4/c1-12-18(22)21-16-11-14(6-7-17(16)25-12)19(23)20-9-8-13-4-3-5-15(10-13)24-2/h3-7,10-12H,8-9H2,1-2H3,(H,20,23)(H,21,22). The first-order chi connectivity index (χ1) is 12.1. The highest BCUT2D eigenvalue weighted by atomic mass is 16.5. The second kappa shape index (κ2) is 7.25. The molecule has 6 heteroatoms. The third kappa shape index (κ3) is 3.91. The molecule has 1 aliphatic rings. The third-order valence-corrected chi connectivity index (χ3v) is 4.01. The molecule has 1 unspecified atom stereocenters. The quantitative estimate of drug-likeness (QED) is 0.876. The Bertz CT molecular complexity index is 804. The molecule has 2 N–H and O–H groups in total. The highest BCUT2D eigenvalue weighted by Gasteiger charge is 2.24. The lowest BCUT2D eigenvalue weighted by Gasteiger charge is -2.23. The minimum atomic E-state index is -0.532. The SMILES string of the molecule is COc1cccc(CCNC(=O)c2ccc3c(c2)NC(=O)C(C)O3)c1. The smallest absolute Gasteiger partial charge is 0.265 e. The Morgan fingerprint density at radius 1 is 1.28 bits per heavy atom. The van der Waals surface area contributed by atoms with Gasteiger partial charge in [0.15, 0.2) is 6.10 Å². The minimum absolute atomic E-state index is 0.196. The Morgan fingerprint density at radius 2 is 2.12 bits per heavy atom. The van der Waals surface area contributed by atoms with Crippen molar-refractivity contribution in [3.63, 3.8) is 0 Å². The molecule has 2 aromatic rings. The van der Waals surface area contributed by atoms with Gasteiger partial charge in [-0.15, -0.1) is 0 Å². The van der Waals surface area contributed by atoms with Crippen LogP contribution in [0.25, 0.3) is 0 Å². The fourth-order valence-electron chi connectivity index (χ4n) is 2.60. The van der Waals surface area contributed by atoms with Crippen molar-refractivity contribution >= 4 is 17.5 Å². The van der Waals surface area contributed by atoms with Crippen LogP contribution in [-0.4, -0.2) is 31.6 Å². The molecule has 0 aliphatic carbocycles. The van der Waals surface area contributed by atoms with E-state index < -0.39 is 6.10 Å². The molecule has 0 radical (unpaired) electrons. The molecule has 0 bridgehead atoms. The summed E-state index contributed by atoms with van der Waals surface area (Å²) < 4.78 is 10.7. The lowest BCUT2D eigenvalue weighted by Crippen LogP contribution is -2.34. The molecule has 0 spiro atoms. The van der Waals surface area contributed by atoms with Gasteiger partial charge in [-0.3, -0.25) is 9.59 Å². The number of nitrogens with one attached hydrogen (secondary N) is 2. The number of methoxy groups -OCH3 is 1. The Hall–Kier alpha value is -3.02. The van der Waals surface area contributed by atoms with Crippen LogP contribution in [-0.2, 0) is 11.2 Å². The maximum Gasteiger partial charge on any atom is 0.265 e. The molecular formula is C19H20N2O4. The molecule has 1 aliphatic heterocycles. The molecule has 25 heavy (non-hydrogen) atoms. The lowest BCUT2D eigenvalue weighted by molar-refractivity contribution is -0.122. The summed E-state index contributed by atoms with van der Waals surface area (Å²) in [5, 5.41) is 5.62. The number of amides is 2. The number of carbonyl (C=O) groups excluding carboxylic acids is 2. The summed E-state index contributed by atoms with van der Waals surface area (Å²) in [6, 6.07) is 12.7. The van der Waals surface area contributed by atoms with Crippen LogP contribution in [0.5, 0.6) is 11.5 Å². The number of hydrogen-bond donors (Lipinski definition) is 2. The number of benzene rings is 2. The van der Waals surface area contributed by atoms with E-state index >= 15 is 0 Å². The molecule has 1 heterocycles. The number of hydrogen-bond acceptors (Lipinski definition) is 4. The Labute approximate surface area is 146 Å². The van der Waals surface area contributed by atoms with Crippen LogP contribution in [0.4, 0.5) is 5.69 Å². The number of carbonyl (C=O) groups is 2. The average molecular weight is 340 g/mol. The van der Waals surface area contributed by atoms with Gasteiger partial charge in [0.25, 0.3) is 11.8 Å². The molecule has 3 rings (SSSR count). The van der Waals surface area contributed by atoms with Crippen molar-refractivity contribution < 1.29 is 19.1 Å². The van der Waals surface area contributed by atoms with E-state index in [0.29, 0.717) is 30.0 Å². The summed E-state index contributed by atoms with van der Waals surface area (Å²) in [5.74, 6) is 0.949. The van der Waals surface area contributed by atoms with Gasteiger partial charge in [0.2, 0.25) is 0 Å². The first kappa shape index (κ1) is 16.8. The highest BCUT2D eigenvalue weighted by molar-refractivity contribution is 6.00. The fraction of sp³-hybridized carbons (Fsp3) is 0.263. The minimum Gasteiger partial charge on any atom is -0.497 e.